The summed E-state index contributed by atoms with van der Waals surface area (Å²) in [6, 6.07) is 17.9. The third-order valence-corrected chi connectivity index (χ3v) is 5.93. The zero-order chi connectivity index (χ0) is 19.5. The second kappa shape index (κ2) is 8.29. The highest BCUT2D eigenvalue weighted by molar-refractivity contribution is 6.10. The number of rotatable bonds is 6. The molecule has 0 spiro atoms. The molecule has 1 aliphatic rings. The first-order valence-corrected chi connectivity index (χ1v) is 10.2. The molecular formula is C24H29N3O. The fourth-order valence-corrected chi connectivity index (χ4v) is 4.60. The Labute approximate surface area is 167 Å². The summed E-state index contributed by atoms with van der Waals surface area (Å²) in [5.41, 5.74) is 2.84. The van der Waals surface area contributed by atoms with E-state index in [4.69, 9.17) is 0 Å². The van der Waals surface area contributed by atoms with Crippen molar-refractivity contribution < 1.29 is 4.79 Å². The summed E-state index contributed by atoms with van der Waals surface area (Å²) in [4.78, 5) is 21.6. The van der Waals surface area contributed by atoms with Crippen molar-refractivity contribution in [2.24, 2.45) is 5.92 Å². The highest BCUT2D eigenvalue weighted by atomic mass is 16.1. The number of ketones is 1. The molecule has 1 saturated heterocycles. The third-order valence-electron chi connectivity index (χ3n) is 5.93. The molecular weight excluding hydrogens is 346 g/mol. The fourth-order valence-electron chi connectivity index (χ4n) is 4.60. The first kappa shape index (κ1) is 18.9. The standard InChI is InChI=1S/C24H29N3O/c1-26-14-8-9-18(16-26)17-27(2)23(19-10-4-3-5-11-19)24(28)21-15-25-22-13-7-6-12-20(21)22/h3-7,10-13,15,18,23,25H,8-9,14,16-17H2,1-2H3. The number of nitrogens with zero attached hydrogens (tertiary/aromatic N) is 2. The van der Waals surface area contributed by atoms with Crippen LogP contribution in [0.1, 0.15) is 34.8 Å². The number of hydrogen-bond donors (Lipinski definition) is 1. The molecule has 0 radical (unpaired) electrons. The first-order chi connectivity index (χ1) is 13.6. The molecule has 4 nitrogen and oxygen atoms in total. The molecule has 2 aromatic carbocycles. The van der Waals surface area contributed by atoms with E-state index in [1.807, 2.05) is 48.7 Å². The summed E-state index contributed by atoms with van der Waals surface area (Å²) >= 11 is 0. The number of Topliss-reactive ketones (excluding diaryl/α,β-unsaturated/α-hetero) is 1. The van der Waals surface area contributed by atoms with Gasteiger partial charge in [-0.1, -0.05) is 48.5 Å². The van der Waals surface area contributed by atoms with E-state index in [0.29, 0.717) is 5.92 Å². The number of nitrogens with one attached hydrogen (secondary N) is 1. The molecule has 1 aromatic heterocycles. The molecule has 1 aliphatic heterocycles. The van der Waals surface area contributed by atoms with Crippen LogP contribution in [0.4, 0.5) is 0 Å². The van der Waals surface area contributed by atoms with E-state index in [1.54, 1.807) is 0 Å². The number of fused-ring (bicyclic) bond motifs is 1. The van der Waals surface area contributed by atoms with Gasteiger partial charge in [0.25, 0.3) is 0 Å². The van der Waals surface area contributed by atoms with Gasteiger partial charge in [0.05, 0.1) is 6.04 Å². The minimum absolute atomic E-state index is 0.162. The van der Waals surface area contributed by atoms with E-state index < -0.39 is 0 Å². The molecule has 4 heteroatoms. The summed E-state index contributed by atoms with van der Waals surface area (Å²) in [7, 11) is 4.29. The zero-order valence-corrected chi connectivity index (χ0v) is 16.8. The summed E-state index contributed by atoms with van der Waals surface area (Å²) in [5, 5.41) is 0.999. The SMILES string of the molecule is CN1CCCC(CN(C)C(C(=O)c2c[nH]c3ccccc23)c2ccccc2)C1. The second-order valence-electron chi connectivity index (χ2n) is 8.14. The minimum atomic E-state index is -0.271. The van der Waals surface area contributed by atoms with E-state index in [1.165, 1.54) is 19.4 Å². The van der Waals surface area contributed by atoms with E-state index in [0.717, 1.165) is 35.1 Å². The van der Waals surface area contributed by atoms with Crippen molar-refractivity contribution >= 4 is 16.7 Å². The monoisotopic (exact) mass is 375 g/mol. The van der Waals surface area contributed by atoms with Crippen molar-refractivity contribution in [3.8, 4) is 0 Å². The Balaban J connectivity index is 1.64. The van der Waals surface area contributed by atoms with Crippen LogP contribution in [0.3, 0.4) is 0 Å². The molecule has 28 heavy (non-hydrogen) atoms. The van der Waals surface area contributed by atoms with Gasteiger partial charge in [-0.25, -0.2) is 0 Å². The summed E-state index contributed by atoms with van der Waals surface area (Å²) in [6.07, 6.45) is 4.34. The average molecular weight is 376 g/mol. The van der Waals surface area contributed by atoms with Gasteiger partial charge >= 0.3 is 0 Å². The zero-order valence-electron chi connectivity index (χ0n) is 16.8. The maximum atomic E-state index is 13.7. The number of likely N-dealkylation sites (N-methyl/N-ethyl adjacent to an activating group) is 1. The number of aromatic amines is 1. The molecule has 0 saturated carbocycles. The molecule has 2 unspecified atom stereocenters. The number of carbonyl (C=O) groups excluding carboxylic acids is 1. The minimum Gasteiger partial charge on any atom is -0.360 e. The van der Waals surface area contributed by atoms with E-state index in [-0.39, 0.29) is 11.8 Å². The molecule has 1 fully saturated rings. The molecule has 2 atom stereocenters. The van der Waals surface area contributed by atoms with Crippen LogP contribution in [0.25, 0.3) is 10.9 Å². The third kappa shape index (κ3) is 3.89. The van der Waals surface area contributed by atoms with Crippen LogP contribution in [0.5, 0.6) is 0 Å². The van der Waals surface area contributed by atoms with Gasteiger partial charge in [0.15, 0.2) is 5.78 Å². The Hall–Kier alpha value is -2.43. The van der Waals surface area contributed by atoms with Gasteiger partial charge in [-0.2, -0.15) is 0 Å². The summed E-state index contributed by atoms with van der Waals surface area (Å²) in [5.74, 6) is 0.765. The topological polar surface area (TPSA) is 39.3 Å². The molecule has 146 valence electrons. The van der Waals surface area contributed by atoms with Crippen molar-refractivity contribution in [3.63, 3.8) is 0 Å². The van der Waals surface area contributed by atoms with Gasteiger partial charge in [-0.05, 0) is 51.0 Å². The molecule has 0 bridgehead atoms. The number of aromatic nitrogens is 1. The Morgan fingerprint density at radius 2 is 1.93 bits per heavy atom. The number of piperidine rings is 1. The van der Waals surface area contributed by atoms with Crippen molar-refractivity contribution in [2.45, 2.75) is 18.9 Å². The molecule has 1 N–H and O–H groups in total. The smallest absolute Gasteiger partial charge is 0.186 e. The number of carbonyl (C=O) groups is 1. The molecule has 4 rings (SSSR count). The summed E-state index contributed by atoms with van der Waals surface area (Å²) in [6.45, 7) is 3.21. The lowest BCUT2D eigenvalue weighted by Gasteiger charge is -2.35. The lowest BCUT2D eigenvalue weighted by molar-refractivity contribution is 0.0802. The summed E-state index contributed by atoms with van der Waals surface area (Å²) < 4.78 is 0. The van der Waals surface area contributed by atoms with Gasteiger partial charge in [-0.3, -0.25) is 9.69 Å². The van der Waals surface area contributed by atoms with Crippen LogP contribution in [0, 0.1) is 5.92 Å². The van der Waals surface area contributed by atoms with E-state index in [2.05, 4.69) is 41.0 Å². The number of para-hydroxylation sites is 1. The lowest BCUT2D eigenvalue weighted by atomic mass is 9.93. The van der Waals surface area contributed by atoms with Gasteiger partial charge < -0.3 is 9.88 Å². The predicted octanol–water partition coefficient (Wildman–Crippen LogP) is 4.37. The molecule has 2 heterocycles. The molecule has 0 amide bonds. The maximum Gasteiger partial charge on any atom is 0.186 e. The van der Waals surface area contributed by atoms with Crippen LogP contribution < -0.4 is 0 Å². The highest BCUT2D eigenvalue weighted by Gasteiger charge is 2.30. The van der Waals surface area contributed by atoms with Gasteiger partial charge in [0, 0.05) is 35.8 Å². The first-order valence-electron chi connectivity index (χ1n) is 10.2. The van der Waals surface area contributed by atoms with Crippen LogP contribution in [-0.4, -0.2) is 54.3 Å². The number of hydrogen-bond acceptors (Lipinski definition) is 3. The Bertz CT molecular complexity index is 933. The van der Waals surface area contributed by atoms with Gasteiger partial charge in [0.1, 0.15) is 0 Å². The average Bonchev–Trinajstić information content (AvgIpc) is 3.13. The van der Waals surface area contributed by atoms with E-state index in [9.17, 15) is 4.79 Å². The fraction of sp³-hybridized carbons (Fsp3) is 0.375. The van der Waals surface area contributed by atoms with Crippen molar-refractivity contribution in [1.29, 1.82) is 0 Å². The van der Waals surface area contributed by atoms with Crippen molar-refractivity contribution in [3.05, 3.63) is 71.9 Å². The van der Waals surface area contributed by atoms with Crippen LogP contribution in [0.15, 0.2) is 60.8 Å². The van der Waals surface area contributed by atoms with Crippen LogP contribution >= 0.6 is 0 Å². The normalized spacial score (nSPS) is 19.2. The lowest BCUT2D eigenvalue weighted by Crippen LogP contribution is -2.40. The van der Waals surface area contributed by atoms with Crippen LogP contribution in [0.2, 0.25) is 0 Å². The Morgan fingerprint density at radius 1 is 1.18 bits per heavy atom. The van der Waals surface area contributed by atoms with Gasteiger partial charge in [0.2, 0.25) is 0 Å². The van der Waals surface area contributed by atoms with Crippen LogP contribution in [-0.2, 0) is 0 Å². The maximum absolute atomic E-state index is 13.7. The van der Waals surface area contributed by atoms with Crippen molar-refractivity contribution in [1.82, 2.24) is 14.8 Å². The molecule has 3 aromatic rings. The number of H-pyrrole nitrogens is 1. The highest BCUT2D eigenvalue weighted by Crippen LogP contribution is 2.29. The number of likely N-dealkylation sites (tertiary alicyclic amines) is 1. The Morgan fingerprint density at radius 3 is 2.71 bits per heavy atom. The van der Waals surface area contributed by atoms with Crippen molar-refractivity contribution in [2.75, 3.05) is 33.7 Å². The predicted molar refractivity (Wildman–Crippen MR) is 115 cm³/mol. The molecule has 0 aliphatic carbocycles. The second-order valence-corrected chi connectivity index (χ2v) is 8.14. The quantitative estimate of drug-likeness (QED) is 0.651. The van der Waals surface area contributed by atoms with E-state index >= 15 is 0 Å². The number of benzene rings is 2. The Kier molecular flexibility index (Phi) is 5.60. The van der Waals surface area contributed by atoms with Gasteiger partial charge in [-0.15, -0.1) is 0 Å². The largest absolute Gasteiger partial charge is 0.360 e.